The summed E-state index contributed by atoms with van der Waals surface area (Å²) < 4.78 is 2.12. The van der Waals surface area contributed by atoms with E-state index >= 15 is 0 Å². The van der Waals surface area contributed by atoms with Gasteiger partial charge in [-0.25, -0.2) is 4.68 Å². The first-order chi connectivity index (χ1) is 16.2. The van der Waals surface area contributed by atoms with Crippen LogP contribution in [0.5, 0.6) is 0 Å². The van der Waals surface area contributed by atoms with E-state index < -0.39 is 0 Å². The molecule has 33 heavy (non-hydrogen) atoms. The molecule has 0 atom stereocenters. The molecule has 0 saturated carbocycles. The highest BCUT2D eigenvalue weighted by molar-refractivity contribution is 6.30. The zero-order valence-corrected chi connectivity index (χ0v) is 19.8. The number of hydrogen-bond acceptors (Lipinski definition) is 3. The van der Waals surface area contributed by atoms with E-state index in [9.17, 15) is 0 Å². The Morgan fingerprint density at radius 3 is 2.45 bits per heavy atom. The summed E-state index contributed by atoms with van der Waals surface area (Å²) in [7, 11) is 0. The van der Waals surface area contributed by atoms with E-state index in [1.54, 1.807) is 0 Å². The van der Waals surface area contributed by atoms with Gasteiger partial charge in [-0.05, 0) is 74.2 Å². The fourth-order valence-corrected chi connectivity index (χ4v) is 4.96. The second kappa shape index (κ2) is 10.5. The van der Waals surface area contributed by atoms with Crippen LogP contribution in [0.2, 0.25) is 5.02 Å². The summed E-state index contributed by atoms with van der Waals surface area (Å²) in [5.41, 5.74) is 5.06. The van der Waals surface area contributed by atoms with Crippen molar-refractivity contribution in [3.63, 3.8) is 0 Å². The number of piperidine rings is 1. The minimum absolute atomic E-state index is 0.516. The van der Waals surface area contributed by atoms with Crippen molar-refractivity contribution in [3.8, 4) is 0 Å². The van der Waals surface area contributed by atoms with Crippen molar-refractivity contribution in [2.45, 2.75) is 38.0 Å². The van der Waals surface area contributed by atoms with Crippen LogP contribution >= 0.6 is 11.6 Å². The zero-order valence-electron chi connectivity index (χ0n) is 19.0. The fourth-order valence-electron chi connectivity index (χ4n) is 4.84. The number of hydrogen-bond donors (Lipinski definition) is 0. The number of aromatic nitrogens is 2. The van der Waals surface area contributed by atoms with E-state index in [-0.39, 0.29) is 0 Å². The van der Waals surface area contributed by atoms with Gasteiger partial charge >= 0.3 is 0 Å². The first-order valence-corrected chi connectivity index (χ1v) is 12.4. The molecule has 0 bridgehead atoms. The molecule has 1 fully saturated rings. The van der Waals surface area contributed by atoms with E-state index in [0.29, 0.717) is 5.92 Å². The summed E-state index contributed by atoms with van der Waals surface area (Å²) >= 11 is 6.07. The van der Waals surface area contributed by atoms with Gasteiger partial charge in [-0.2, -0.15) is 5.10 Å². The molecule has 170 valence electrons. The molecule has 1 aromatic heterocycles. The Hall–Kier alpha value is -2.69. The Bertz CT molecular complexity index is 1110. The van der Waals surface area contributed by atoms with Crippen LogP contribution in [0.15, 0.2) is 77.8 Å². The van der Waals surface area contributed by atoms with Crippen LogP contribution in [0, 0.1) is 0 Å². The minimum atomic E-state index is 0.516. The van der Waals surface area contributed by atoms with Gasteiger partial charge in [0.1, 0.15) is 5.84 Å². The predicted octanol–water partition coefficient (Wildman–Crippen LogP) is 5.76. The van der Waals surface area contributed by atoms with Gasteiger partial charge in [0, 0.05) is 36.1 Å². The van der Waals surface area contributed by atoms with Gasteiger partial charge in [0.2, 0.25) is 0 Å². The number of halogens is 1. The van der Waals surface area contributed by atoms with Gasteiger partial charge in [0.25, 0.3) is 0 Å². The lowest BCUT2D eigenvalue weighted by Crippen LogP contribution is -2.35. The summed E-state index contributed by atoms with van der Waals surface area (Å²) in [6, 6.07) is 21.2. The van der Waals surface area contributed by atoms with Crippen LogP contribution in [0.4, 0.5) is 0 Å². The van der Waals surface area contributed by atoms with Crippen LogP contribution in [-0.4, -0.2) is 46.7 Å². The van der Waals surface area contributed by atoms with E-state index in [4.69, 9.17) is 21.7 Å². The lowest BCUT2D eigenvalue weighted by Gasteiger charge is -2.32. The molecule has 2 aliphatic heterocycles. The molecule has 3 aromatic rings. The first-order valence-electron chi connectivity index (χ1n) is 12.1. The average Bonchev–Trinajstić information content (AvgIpc) is 3.29. The molecule has 0 N–H and O–H groups in total. The van der Waals surface area contributed by atoms with Crippen molar-refractivity contribution >= 4 is 17.4 Å². The Morgan fingerprint density at radius 2 is 1.73 bits per heavy atom. The lowest BCUT2D eigenvalue weighted by molar-refractivity contribution is 0.212. The predicted molar refractivity (Wildman–Crippen MR) is 137 cm³/mol. The second-order valence-corrected chi connectivity index (χ2v) is 9.49. The van der Waals surface area contributed by atoms with Crippen molar-refractivity contribution < 1.29 is 0 Å². The molecule has 4 nitrogen and oxygen atoms in total. The number of dihydropyridines is 1. The third kappa shape index (κ3) is 5.63. The van der Waals surface area contributed by atoms with E-state index in [1.165, 1.54) is 16.8 Å². The maximum atomic E-state index is 6.07. The Labute approximate surface area is 201 Å². The van der Waals surface area contributed by atoms with Crippen molar-refractivity contribution in [1.82, 2.24) is 14.7 Å². The Morgan fingerprint density at radius 1 is 0.939 bits per heavy atom. The molecular weight excluding hydrogens is 428 g/mol. The largest absolute Gasteiger partial charge is 0.303 e. The fraction of sp³-hybridized carbons (Fsp3) is 0.357. The summed E-state index contributed by atoms with van der Waals surface area (Å²) in [5.74, 6) is 1.49. The van der Waals surface area contributed by atoms with Crippen molar-refractivity contribution in [1.29, 1.82) is 0 Å². The van der Waals surface area contributed by atoms with Crippen molar-refractivity contribution in [2.75, 3.05) is 26.2 Å². The summed E-state index contributed by atoms with van der Waals surface area (Å²) in [4.78, 5) is 7.38. The minimum Gasteiger partial charge on any atom is -0.303 e. The molecule has 0 aliphatic carbocycles. The second-order valence-electron chi connectivity index (χ2n) is 9.06. The number of aliphatic imine (C=N–C) groups is 1. The van der Waals surface area contributed by atoms with Gasteiger partial charge in [0.15, 0.2) is 0 Å². The molecule has 5 heteroatoms. The smallest absolute Gasteiger partial charge is 0.148 e. The number of allylic oxidation sites excluding steroid dienone is 1. The third-order valence-corrected chi connectivity index (χ3v) is 6.96. The van der Waals surface area contributed by atoms with Crippen molar-refractivity contribution in [3.05, 3.63) is 100 Å². The summed E-state index contributed by atoms with van der Waals surface area (Å²) in [6.07, 6.45) is 9.60. The molecule has 0 unspecified atom stereocenters. The van der Waals surface area contributed by atoms with Crippen LogP contribution < -0.4 is 0 Å². The zero-order chi connectivity index (χ0) is 22.5. The molecule has 0 amide bonds. The Kier molecular flexibility index (Phi) is 7.03. The molecule has 0 radical (unpaired) electrons. The van der Waals surface area contributed by atoms with E-state index in [0.717, 1.165) is 74.8 Å². The summed E-state index contributed by atoms with van der Waals surface area (Å²) in [6.45, 7) is 4.25. The SMILES string of the molecule is Clc1ccc(Cc2cc(C3CCN(CCc4ccccc4)CC3)n(C3=NCCC=C3)n2)cc1. The van der Waals surface area contributed by atoms with Crippen LogP contribution in [-0.2, 0) is 12.8 Å². The molecule has 3 heterocycles. The number of rotatable bonds is 6. The van der Waals surface area contributed by atoms with Crippen LogP contribution in [0.1, 0.15) is 47.7 Å². The van der Waals surface area contributed by atoms with E-state index in [1.807, 2.05) is 12.1 Å². The normalized spacial score (nSPS) is 17.3. The topological polar surface area (TPSA) is 33.4 Å². The molecule has 2 aliphatic rings. The maximum Gasteiger partial charge on any atom is 0.148 e. The van der Waals surface area contributed by atoms with E-state index in [2.05, 4.69) is 70.3 Å². The standard InChI is InChI=1S/C28H31ClN4/c29-25-11-9-23(10-12-25)20-26-21-27(33(31-26)28-8-4-5-16-30-28)24-14-18-32(19-15-24)17-13-22-6-2-1-3-7-22/h1-4,6-12,21,24H,5,13-20H2. The lowest BCUT2D eigenvalue weighted by atomic mass is 9.92. The molecular formula is C28H31ClN4. The number of benzene rings is 2. The van der Waals surface area contributed by atoms with Gasteiger partial charge in [-0.1, -0.05) is 60.1 Å². The highest BCUT2D eigenvalue weighted by atomic mass is 35.5. The average molecular weight is 459 g/mol. The first kappa shape index (κ1) is 22.1. The molecule has 2 aromatic carbocycles. The van der Waals surface area contributed by atoms with Crippen molar-refractivity contribution in [2.24, 2.45) is 4.99 Å². The monoisotopic (exact) mass is 458 g/mol. The summed E-state index contributed by atoms with van der Waals surface area (Å²) in [5, 5.41) is 5.78. The highest BCUT2D eigenvalue weighted by Gasteiger charge is 2.25. The quantitative estimate of drug-likeness (QED) is 0.470. The Balaban J connectivity index is 1.29. The molecule has 1 saturated heterocycles. The maximum absolute atomic E-state index is 6.07. The van der Waals surface area contributed by atoms with Gasteiger partial charge in [-0.3, -0.25) is 4.99 Å². The molecule has 0 spiro atoms. The van der Waals surface area contributed by atoms with Crippen LogP contribution in [0.3, 0.4) is 0 Å². The number of likely N-dealkylation sites (tertiary alicyclic amines) is 1. The third-order valence-electron chi connectivity index (χ3n) is 6.70. The van der Waals surface area contributed by atoms with Crippen LogP contribution in [0.25, 0.3) is 0 Å². The molecule has 5 rings (SSSR count). The highest BCUT2D eigenvalue weighted by Crippen LogP contribution is 2.30. The van der Waals surface area contributed by atoms with Gasteiger partial charge in [-0.15, -0.1) is 0 Å². The number of nitrogens with zero attached hydrogens (tertiary/aromatic N) is 4. The van der Waals surface area contributed by atoms with Gasteiger partial charge < -0.3 is 4.90 Å². The van der Waals surface area contributed by atoms with Gasteiger partial charge in [0.05, 0.1) is 5.69 Å².